The smallest absolute Gasteiger partial charge is 0.258 e. The molecule has 0 aliphatic rings. The summed E-state index contributed by atoms with van der Waals surface area (Å²) in [6.45, 7) is 8.88. The molecule has 1 aromatic carbocycles. The van der Waals surface area contributed by atoms with Crippen LogP contribution in [0, 0.1) is 0 Å². The summed E-state index contributed by atoms with van der Waals surface area (Å²) in [5.41, 5.74) is 1.29. The van der Waals surface area contributed by atoms with Crippen molar-refractivity contribution in [3.63, 3.8) is 0 Å². The molecule has 0 heterocycles. The van der Waals surface area contributed by atoms with Gasteiger partial charge in [-0.2, -0.15) is 0 Å². The Morgan fingerprint density at radius 1 is 1.05 bits per heavy atom. The van der Waals surface area contributed by atoms with E-state index in [1.54, 1.807) is 0 Å². The van der Waals surface area contributed by atoms with Crippen LogP contribution in [0.3, 0.4) is 0 Å². The molecule has 5 heteroatoms. The van der Waals surface area contributed by atoms with Gasteiger partial charge >= 0.3 is 0 Å². The fourth-order valence-electron chi connectivity index (χ4n) is 1.76. The SMILES string of the molecule is CCCNC(=O)CNC(=O)COc1ccc(C(C)(C)C)cc1. The van der Waals surface area contributed by atoms with Crippen molar-refractivity contribution in [1.29, 1.82) is 0 Å². The van der Waals surface area contributed by atoms with Crippen LogP contribution in [-0.4, -0.2) is 31.5 Å². The van der Waals surface area contributed by atoms with Gasteiger partial charge < -0.3 is 15.4 Å². The number of carbonyl (C=O) groups excluding carboxylic acids is 2. The Kier molecular flexibility index (Phi) is 6.89. The zero-order chi connectivity index (χ0) is 16.6. The second kappa shape index (κ2) is 8.41. The van der Waals surface area contributed by atoms with Crippen LogP contribution >= 0.6 is 0 Å². The summed E-state index contributed by atoms with van der Waals surface area (Å²) in [5, 5.41) is 5.21. The Hall–Kier alpha value is -2.04. The van der Waals surface area contributed by atoms with Crippen LogP contribution in [0.4, 0.5) is 0 Å². The minimum atomic E-state index is -0.313. The monoisotopic (exact) mass is 306 g/mol. The van der Waals surface area contributed by atoms with Crippen molar-refractivity contribution >= 4 is 11.8 Å². The van der Waals surface area contributed by atoms with Crippen molar-refractivity contribution in [3.05, 3.63) is 29.8 Å². The van der Waals surface area contributed by atoms with Crippen LogP contribution in [0.1, 0.15) is 39.7 Å². The summed E-state index contributed by atoms with van der Waals surface area (Å²) in [5.74, 6) is 0.134. The number of nitrogens with one attached hydrogen (secondary N) is 2. The third kappa shape index (κ3) is 6.61. The Morgan fingerprint density at radius 3 is 2.23 bits per heavy atom. The maximum Gasteiger partial charge on any atom is 0.258 e. The molecule has 0 aromatic heterocycles. The highest BCUT2D eigenvalue weighted by Crippen LogP contribution is 2.24. The number of carbonyl (C=O) groups is 2. The predicted molar refractivity (Wildman–Crippen MR) is 86.9 cm³/mol. The van der Waals surface area contributed by atoms with E-state index in [9.17, 15) is 9.59 Å². The lowest BCUT2D eigenvalue weighted by atomic mass is 9.87. The third-order valence-corrected chi connectivity index (χ3v) is 3.11. The highest BCUT2D eigenvalue weighted by molar-refractivity contribution is 5.85. The van der Waals surface area contributed by atoms with Crippen LogP contribution in [0.25, 0.3) is 0 Å². The van der Waals surface area contributed by atoms with E-state index in [4.69, 9.17) is 4.74 Å². The Balaban J connectivity index is 2.33. The van der Waals surface area contributed by atoms with E-state index >= 15 is 0 Å². The van der Waals surface area contributed by atoms with E-state index < -0.39 is 0 Å². The molecule has 0 aliphatic heterocycles. The number of hydrogen-bond donors (Lipinski definition) is 2. The average Bonchev–Trinajstić information content (AvgIpc) is 2.48. The van der Waals surface area contributed by atoms with Crippen molar-refractivity contribution in [3.8, 4) is 5.75 Å². The van der Waals surface area contributed by atoms with Gasteiger partial charge in [-0.05, 0) is 29.5 Å². The molecule has 0 saturated carbocycles. The average molecular weight is 306 g/mol. The molecule has 0 atom stereocenters. The number of ether oxygens (including phenoxy) is 1. The second-order valence-corrected chi connectivity index (χ2v) is 6.19. The van der Waals surface area contributed by atoms with E-state index in [1.165, 1.54) is 5.56 Å². The molecular formula is C17H26N2O3. The molecule has 0 fully saturated rings. The first kappa shape index (κ1) is 18.0. The van der Waals surface area contributed by atoms with Crippen molar-refractivity contribution in [2.24, 2.45) is 0 Å². The van der Waals surface area contributed by atoms with Crippen LogP contribution in [0.15, 0.2) is 24.3 Å². The van der Waals surface area contributed by atoms with Gasteiger partial charge in [0.1, 0.15) is 5.75 Å². The largest absolute Gasteiger partial charge is 0.484 e. The van der Waals surface area contributed by atoms with Gasteiger partial charge in [-0.15, -0.1) is 0 Å². The van der Waals surface area contributed by atoms with Gasteiger partial charge in [-0.3, -0.25) is 9.59 Å². The number of benzene rings is 1. The lowest BCUT2D eigenvalue weighted by Gasteiger charge is -2.19. The molecule has 2 N–H and O–H groups in total. The minimum Gasteiger partial charge on any atom is -0.484 e. The summed E-state index contributed by atoms with van der Waals surface area (Å²) in [4.78, 5) is 23.0. The van der Waals surface area contributed by atoms with Crippen molar-refractivity contribution in [1.82, 2.24) is 10.6 Å². The molecule has 0 bridgehead atoms. The number of rotatable bonds is 7. The van der Waals surface area contributed by atoms with E-state index in [1.807, 2.05) is 31.2 Å². The first-order chi connectivity index (χ1) is 10.3. The molecule has 1 rings (SSSR count). The summed E-state index contributed by atoms with van der Waals surface area (Å²) >= 11 is 0. The molecule has 2 amide bonds. The number of amides is 2. The van der Waals surface area contributed by atoms with Crippen LogP contribution in [0.5, 0.6) is 5.75 Å². The Labute approximate surface area is 132 Å². The summed E-state index contributed by atoms with van der Waals surface area (Å²) in [6.07, 6.45) is 0.868. The fourth-order valence-corrected chi connectivity index (χ4v) is 1.76. The molecule has 1 aromatic rings. The Bertz CT molecular complexity index is 490. The topological polar surface area (TPSA) is 67.4 Å². The summed E-state index contributed by atoms with van der Waals surface area (Å²) < 4.78 is 5.41. The standard InChI is InChI=1S/C17H26N2O3/c1-5-10-18-15(20)11-19-16(21)12-22-14-8-6-13(7-9-14)17(2,3)4/h6-9H,5,10-12H2,1-4H3,(H,18,20)(H,19,21). The van der Waals surface area contributed by atoms with Crippen molar-refractivity contribution < 1.29 is 14.3 Å². The van der Waals surface area contributed by atoms with Gasteiger partial charge in [0.15, 0.2) is 6.61 Å². The zero-order valence-corrected chi connectivity index (χ0v) is 13.9. The summed E-state index contributed by atoms with van der Waals surface area (Å²) in [6, 6.07) is 7.68. The first-order valence-electron chi connectivity index (χ1n) is 7.59. The van der Waals surface area contributed by atoms with E-state index in [2.05, 4.69) is 31.4 Å². The Morgan fingerprint density at radius 2 is 1.68 bits per heavy atom. The molecular weight excluding hydrogens is 280 g/mol. The maximum atomic E-state index is 11.6. The molecule has 0 unspecified atom stereocenters. The van der Waals surface area contributed by atoms with Crippen LogP contribution < -0.4 is 15.4 Å². The highest BCUT2D eigenvalue weighted by Gasteiger charge is 2.13. The van der Waals surface area contributed by atoms with Gasteiger partial charge in [0.2, 0.25) is 5.91 Å². The molecule has 22 heavy (non-hydrogen) atoms. The first-order valence-corrected chi connectivity index (χ1v) is 7.59. The molecule has 0 radical (unpaired) electrons. The molecule has 5 nitrogen and oxygen atoms in total. The molecule has 122 valence electrons. The normalized spacial score (nSPS) is 10.9. The van der Waals surface area contributed by atoms with Gasteiger partial charge in [0.25, 0.3) is 5.91 Å². The third-order valence-electron chi connectivity index (χ3n) is 3.11. The predicted octanol–water partition coefficient (Wildman–Crippen LogP) is 2.01. The second-order valence-electron chi connectivity index (χ2n) is 6.19. The zero-order valence-electron chi connectivity index (χ0n) is 13.9. The molecule has 0 spiro atoms. The van der Waals surface area contributed by atoms with E-state index in [-0.39, 0.29) is 30.4 Å². The fraction of sp³-hybridized carbons (Fsp3) is 0.529. The highest BCUT2D eigenvalue weighted by atomic mass is 16.5. The van der Waals surface area contributed by atoms with Crippen LogP contribution in [-0.2, 0) is 15.0 Å². The van der Waals surface area contributed by atoms with Crippen LogP contribution in [0.2, 0.25) is 0 Å². The molecule has 0 aliphatic carbocycles. The van der Waals surface area contributed by atoms with Gasteiger partial charge in [0, 0.05) is 6.54 Å². The quantitative estimate of drug-likeness (QED) is 0.809. The minimum absolute atomic E-state index is 0.0227. The maximum absolute atomic E-state index is 11.6. The van der Waals surface area contributed by atoms with Gasteiger partial charge in [-0.1, -0.05) is 39.8 Å². The molecule has 0 saturated heterocycles. The van der Waals surface area contributed by atoms with Crippen molar-refractivity contribution in [2.75, 3.05) is 19.7 Å². The lowest BCUT2D eigenvalue weighted by Crippen LogP contribution is -2.39. The van der Waals surface area contributed by atoms with E-state index in [0.29, 0.717) is 12.3 Å². The van der Waals surface area contributed by atoms with E-state index in [0.717, 1.165) is 6.42 Å². The lowest BCUT2D eigenvalue weighted by molar-refractivity contribution is -0.127. The van der Waals surface area contributed by atoms with Gasteiger partial charge in [-0.25, -0.2) is 0 Å². The summed E-state index contributed by atoms with van der Waals surface area (Å²) in [7, 11) is 0. The number of hydrogen-bond acceptors (Lipinski definition) is 3. The van der Waals surface area contributed by atoms with Crippen molar-refractivity contribution in [2.45, 2.75) is 39.5 Å². The van der Waals surface area contributed by atoms with Gasteiger partial charge in [0.05, 0.1) is 6.54 Å².